The lowest BCUT2D eigenvalue weighted by Crippen LogP contribution is -2.49. The number of hydrogen-bond donors (Lipinski definition) is 2. The summed E-state index contributed by atoms with van der Waals surface area (Å²) in [4.78, 5) is 27.6. The number of hydrogen-bond acceptors (Lipinski definition) is 4. The second-order valence-electron chi connectivity index (χ2n) is 11.6. The van der Waals surface area contributed by atoms with Crippen LogP contribution < -0.4 is 10.6 Å². The first-order chi connectivity index (χ1) is 16.1. The second-order valence-corrected chi connectivity index (χ2v) is 13.0. The van der Waals surface area contributed by atoms with E-state index in [2.05, 4.69) is 47.3 Å². The van der Waals surface area contributed by atoms with E-state index in [1.807, 2.05) is 18.2 Å². The average molecular weight is 566 g/mol. The molecule has 0 radical (unpaired) electrons. The van der Waals surface area contributed by atoms with Crippen molar-refractivity contribution in [2.24, 2.45) is 5.41 Å². The normalized spacial score (nSPS) is 26.1. The summed E-state index contributed by atoms with van der Waals surface area (Å²) in [5.41, 5.74) is -0.625. The maximum Gasteiger partial charge on any atom is 0.324 e. The molecule has 1 fully saturated rings. The van der Waals surface area contributed by atoms with E-state index in [1.165, 1.54) is 6.07 Å². The van der Waals surface area contributed by atoms with E-state index in [0.717, 1.165) is 10.0 Å². The third-order valence-electron chi connectivity index (χ3n) is 6.60. The number of carbonyl (C=O) groups is 2. The van der Waals surface area contributed by atoms with Crippen LogP contribution in [0.3, 0.4) is 0 Å². The van der Waals surface area contributed by atoms with Crippen molar-refractivity contribution in [3.05, 3.63) is 62.8 Å². The van der Waals surface area contributed by atoms with Gasteiger partial charge in [0.15, 0.2) is 0 Å². The van der Waals surface area contributed by atoms with Crippen molar-refractivity contribution in [3.8, 4) is 0 Å². The number of benzene rings is 2. The zero-order valence-electron chi connectivity index (χ0n) is 20.8. The van der Waals surface area contributed by atoms with Gasteiger partial charge >= 0.3 is 5.97 Å². The molecule has 0 saturated carbocycles. The van der Waals surface area contributed by atoms with E-state index in [4.69, 9.17) is 16.3 Å². The molecular formula is C27H31BrClFN2O3. The van der Waals surface area contributed by atoms with Gasteiger partial charge in [-0.3, -0.25) is 14.9 Å². The number of anilines is 1. The second kappa shape index (κ2) is 8.86. The molecule has 2 aliphatic rings. The van der Waals surface area contributed by atoms with Crippen molar-refractivity contribution in [2.75, 3.05) is 5.32 Å². The summed E-state index contributed by atoms with van der Waals surface area (Å²) in [6.45, 7) is 11.6. The lowest BCUT2D eigenvalue weighted by molar-refractivity contribution is -0.157. The smallest absolute Gasteiger partial charge is 0.324 e. The molecule has 35 heavy (non-hydrogen) atoms. The first-order valence-corrected chi connectivity index (χ1v) is 12.9. The lowest BCUT2D eigenvalue weighted by atomic mass is 9.62. The number of rotatable bonds is 3. The Morgan fingerprint density at radius 3 is 2.49 bits per heavy atom. The molecule has 1 unspecified atom stereocenters. The Morgan fingerprint density at radius 1 is 1.17 bits per heavy atom. The Balaban J connectivity index is 2.01. The van der Waals surface area contributed by atoms with Crippen LogP contribution in [0.15, 0.2) is 40.9 Å². The number of fused-ring (bicyclic) bond motifs is 2. The largest absolute Gasteiger partial charge is 0.459 e. The maximum absolute atomic E-state index is 15.6. The summed E-state index contributed by atoms with van der Waals surface area (Å²) < 4.78 is 22.2. The minimum absolute atomic E-state index is 0.0608. The van der Waals surface area contributed by atoms with Crippen molar-refractivity contribution < 1.29 is 18.7 Å². The van der Waals surface area contributed by atoms with Crippen molar-refractivity contribution in [1.29, 1.82) is 0 Å². The van der Waals surface area contributed by atoms with E-state index >= 15 is 4.39 Å². The van der Waals surface area contributed by atoms with Gasteiger partial charge in [-0.2, -0.15) is 0 Å². The minimum atomic E-state index is -1.25. The summed E-state index contributed by atoms with van der Waals surface area (Å²) >= 11 is 9.68. The molecule has 5 nitrogen and oxygen atoms in total. The molecule has 0 bridgehead atoms. The van der Waals surface area contributed by atoms with Crippen LogP contribution in [0.4, 0.5) is 10.1 Å². The quantitative estimate of drug-likeness (QED) is 0.427. The van der Waals surface area contributed by atoms with E-state index in [9.17, 15) is 9.59 Å². The number of halogens is 3. The van der Waals surface area contributed by atoms with E-state index in [-0.39, 0.29) is 21.9 Å². The van der Waals surface area contributed by atoms with Crippen LogP contribution in [0.25, 0.3) is 0 Å². The number of nitrogens with one attached hydrogen (secondary N) is 2. The van der Waals surface area contributed by atoms with Crippen molar-refractivity contribution >= 4 is 45.1 Å². The Hall–Kier alpha value is -1.96. The fourth-order valence-electron chi connectivity index (χ4n) is 5.49. The number of ether oxygens (including phenoxy) is 1. The molecule has 2 aromatic rings. The van der Waals surface area contributed by atoms with Gasteiger partial charge in [0.1, 0.15) is 22.9 Å². The molecule has 1 spiro atoms. The molecule has 4 atom stereocenters. The predicted molar refractivity (Wildman–Crippen MR) is 139 cm³/mol. The van der Waals surface area contributed by atoms with Gasteiger partial charge in [-0.1, -0.05) is 66.5 Å². The molecule has 8 heteroatoms. The fraction of sp³-hybridized carbons (Fsp3) is 0.481. The molecule has 2 heterocycles. The standard InChI is InChI=1S/C27H31BrClFN2O3/c1-25(2,3)13-19-27(16-11-10-14(28)12-18(16)31-24(27)34)20(15-8-7-9-17(29)21(15)30)22(32-19)23(33)35-26(4,5)6/h7-12,19-20,22,32H,13H2,1-6H3,(H,31,34)/t19-,20-,22+,27?/m0/s1. The van der Waals surface area contributed by atoms with Crippen molar-refractivity contribution in [1.82, 2.24) is 5.32 Å². The van der Waals surface area contributed by atoms with Gasteiger partial charge in [-0.25, -0.2) is 4.39 Å². The van der Waals surface area contributed by atoms with Gasteiger partial charge in [0.25, 0.3) is 0 Å². The molecule has 0 aromatic heterocycles. The van der Waals surface area contributed by atoms with Gasteiger partial charge in [-0.15, -0.1) is 0 Å². The molecule has 2 aliphatic heterocycles. The minimum Gasteiger partial charge on any atom is -0.459 e. The van der Waals surface area contributed by atoms with Crippen LogP contribution >= 0.6 is 27.5 Å². The molecule has 188 valence electrons. The lowest BCUT2D eigenvalue weighted by Gasteiger charge is -2.37. The number of esters is 1. The first-order valence-electron chi connectivity index (χ1n) is 11.7. The van der Waals surface area contributed by atoms with Crippen LogP contribution in [0.5, 0.6) is 0 Å². The van der Waals surface area contributed by atoms with Crippen LogP contribution in [0.1, 0.15) is 65.0 Å². The Labute approximate surface area is 219 Å². The SMILES string of the molecule is CC(C)(C)C[C@@H]1N[C@@H](C(=O)OC(C)(C)C)[C@H](c2cccc(Cl)c2F)C12C(=O)Nc1cc(Br)ccc12. The molecule has 4 rings (SSSR count). The highest BCUT2D eigenvalue weighted by Gasteiger charge is 2.66. The number of amides is 1. The van der Waals surface area contributed by atoms with Crippen LogP contribution in [0.2, 0.25) is 5.02 Å². The van der Waals surface area contributed by atoms with Crippen molar-refractivity contribution in [2.45, 2.75) is 77.0 Å². The molecule has 2 N–H and O–H groups in total. The summed E-state index contributed by atoms with van der Waals surface area (Å²) in [5.74, 6) is -2.33. The van der Waals surface area contributed by atoms with Gasteiger partial charge in [-0.05, 0) is 61.9 Å². The molecule has 1 amide bonds. The van der Waals surface area contributed by atoms with E-state index < -0.39 is 40.8 Å². The number of carbonyl (C=O) groups excluding carboxylic acids is 2. The van der Waals surface area contributed by atoms with Crippen molar-refractivity contribution in [3.63, 3.8) is 0 Å². The zero-order chi connectivity index (χ0) is 25.9. The molecule has 0 aliphatic carbocycles. The summed E-state index contributed by atoms with van der Waals surface area (Å²) in [6, 6.07) is 8.86. The highest BCUT2D eigenvalue weighted by molar-refractivity contribution is 9.10. The Morgan fingerprint density at radius 2 is 1.86 bits per heavy atom. The fourth-order valence-corrected chi connectivity index (χ4v) is 6.04. The predicted octanol–water partition coefficient (Wildman–Crippen LogP) is 6.33. The third-order valence-corrected chi connectivity index (χ3v) is 7.38. The van der Waals surface area contributed by atoms with Gasteiger partial charge in [0.05, 0.1) is 5.02 Å². The van der Waals surface area contributed by atoms with Crippen LogP contribution in [-0.2, 0) is 19.7 Å². The summed E-state index contributed by atoms with van der Waals surface area (Å²) in [6.07, 6.45) is 0.563. The van der Waals surface area contributed by atoms with Crippen LogP contribution in [0, 0.1) is 11.2 Å². The van der Waals surface area contributed by atoms with Gasteiger partial charge < -0.3 is 10.1 Å². The van der Waals surface area contributed by atoms with Crippen LogP contribution in [-0.4, -0.2) is 29.6 Å². The monoisotopic (exact) mass is 564 g/mol. The molecule has 1 saturated heterocycles. The Kier molecular flexibility index (Phi) is 6.61. The zero-order valence-corrected chi connectivity index (χ0v) is 23.1. The maximum atomic E-state index is 15.6. The van der Waals surface area contributed by atoms with E-state index in [0.29, 0.717) is 12.1 Å². The van der Waals surface area contributed by atoms with Gasteiger partial charge in [0.2, 0.25) is 5.91 Å². The highest BCUT2D eigenvalue weighted by Crippen LogP contribution is 2.57. The first kappa shape index (κ1) is 26.1. The Bertz CT molecular complexity index is 1190. The summed E-state index contributed by atoms with van der Waals surface area (Å²) in [7, 11) is 0. The summed E-state index contributed by atoms with van der Waals surface area (Å²) in [5, 5.41) is 6.38. The highest BCUT2D eigenvalue weighted by atomic mass is 79.9. The molecular weight excluding hydrogens is 535 g/mol. The third kappa shape index (κ3) is 4.63. The van der Waals surface area contributed by atoms with Gasteiger partial charge in [0, 0.05) is 22.1 Å². The topological polar surface area (TPSA) is 67.4 Å². The van der Waals surface area contributed by atoms with E-state index in [1.54, 1.807) is 32.9 Å². The average Bonchev–Trinajstić information content (AvgIpc) is 3.17. The molecule has 2 aromatic carbocycles.